The van der Waals surface area contributed by atoms with Gasteiger partial charge >= 0.3 is 0 Å². The Bertz CT molecular complexity index is 928. The van der Waals surface area contributed by atoms with Crippen molar-refractivity contribution >= 4 is 11.5 Å². The lowest BCUT2D eigenvalue weighted by Crippen LogP contribution is -2.35. The summed E-state index contributed by atoms with van der Waals surface area (Å²) in [5.74, 6) is 1.49. The van der Waals surface area contributed by atoms with E-state index in [-0.39, 0.29) is 0 Å². The summed E-state index contributed by atoms with van der Waals surface area (Å²) in [5.41, 5.74) is 3.10. The van der Waals surface area contributed by atoms with Crippen LogP contribution in [0.3, 0.4) is 0 Å². The average molecular weight is 385 g/mol. The predicted molar refractivity (Wildman–Crippen MR) is 105 cm³/mol. The zero-order chi connectivity index (χ0) is 19.7. The van der Waals surface area contributed by atoms with Crippen LogP contribution in [-0.2, 0) is 6.42 Å². The Kier molecular flexibility index (Phi) is 5.24. The molecule has 3 heterocycles. The van der Waals surface area contributed by atoms with Gasteiger partial charge in [0.05, 0.1) is 0 Å². The van der Waals surface area contributed by atoms with Crippen LogP contribution in [0.25, 0.3) is 5.65 Å². The van der Waals surface area contributed by atoms with E-state index in [1.54, 1.807) is 6.07 Å². The fourth-order valence-corrected chi connectivity index (χ4v) is 3.84. The van der Waals surface area contributed by atoms with E-state index >= 15 is 0 Å². The van der Waals surface area contributed by atoms with Gasteiger partial charge < -0.3 is 4.90 Å². The first kappa shape index (κ1) is 18.8. The number of piperidine rings is 1. The Balaban J connectivity index is 1.40. The highest BCUT2D eigenvalue weighted by Gasteiger charge is 2.22. The second-order valence-electron chi connectivity index (χ2n) is 7.85. The van der Waals surface area contributed by atoms with Crippen LogP contribution in [0.15, 0.2) is 36.4 Å². The van der Waals surface area contributed by atoms with Gasteiger partial charge in [-0.05, 0) is 54.4 Å². The average Bonchev–Trinajstić information content (AvgIpc) is 3.12. The maximum absolute atomic E-state index is 13.1. The summed E-state index contributed by atoms with van der Waals surface area (Å²) < 4.78 is 27.3. The van der Waals surface area contributed by atoms with Gasteiger partial charge in [-0.1, -0.05) is 38.1 Å². The summed E-state index contributed by atoms with van der Waals surface area (Å²) in [6, 6.07) is 12.5. The number of alkyl halides is 2. The van der Waals surface area contributed by atoms with Gasteiger partial charge in [-0.3, -0.25) is 0 Å². The molecule has 0 atom stereocenters. The number of anilines is 1. The lowest BCUT2D eigenvalue weighted by atomic mass is 9.89. The second kappa shape index (κ2) is 7.81. The zero-order valence-electron chi connectivity index (χ0n) is 16.2. The molecule has 0 N–H and O–H groups in total. The molecule has 7 heteroatoms. The van der Waals surface area contributed by atoms with Gasteiger partial charge in [-0.25, -0.2) is 8.78 Å². The van der Waals surface area contributed by atoms with E-state index < -0.39 is 12.2 Å². The van der Waals surface area contributed by atoms with Gasteiger partial charge in [0.2, 0.25) is 5.82 Å². The molecule has 1 saturated heterocycles. The summed E-state index contributed by atoms with van der Waals surface area (Å²) in [6.07, 6.45) is 0.524. The molecule has 0 spiro atoms. The molecule has 2 aromatic heterocycles. The van der Waals surface area contributed by atoms with Crippen molar-refractivity contribution in [3.8, 4) is 0 Å². The highest BCUT2D eigenvalue weighted by Crippen LogP contribution is 2.26. The third kappa shape index (κ3) is 3.84. The molecule has 0 saturated carbocycles. The standard InChI is InChI=1S/C21H25F2N5/c1-14(2)17-5-3-15(4-6-17)13-16-9-11-27(12-10-16)19-8-7-18-24-25-21(20(22)23)28(18)26-19/h3-8,14,16,20H,9-13H2,1-2H3. The molecule has 0 radical (unpaired) electrons. The van der Waals surface area contributed by atoms with E-state index in [0.29, 0.717) is 23.3 Å². The van der Waals surface area contributed by atoms with Crippen LogP contribution >= 0.6 is 0 Å². The number of halogens is 2. The van der Waals surface area contributed by atoms with Crippen molar-refractivity contribution < 1.29 is 8.78 Å². The van der Waals surface area contributed by atoms with Crippen molar-refractivity contribution in [1.29, 1.82) is 0 Å². The van der Waals surface area contributed by atoms with Crippen LogP contribution in [0.2, 0.25) is 0 Å². The van der Waals surface area contributed by atoms with Crippen molar-refractivity contribution in [1.82, 2.24) is 19.8 Å². The maximum atomic E-state index is 13.1. The minimum atomic E-state index is -2.69. The largest absolute Gasteiger partial charge is 0.355 e. The molecule has 28 heavy (non-hydrogen) atoms. The lowest BCUT2D eigenvalue weighted by molar-refractivity contribution is 0.137. The molecular weight excluding hydrogens is 360 g/mol. The predicted octanol–water partition coefficient (Wildman–Crippen LogP) is 4.64. The van der Waals surface area contributed by atoms with E-state index in [2.05, 4.69) is 58.3 Å². The van der Waals surface area contributed by atoms with Crippen LogP contribution in [-0.4, -0.2) is 32.9 Å². The smallest absolute Gasteiger partial charge is 0.299 e. The van der Waals surface area contributed by atoms with E-state index in [1.807, 2.05) is 6.07 Å². The second-order valence-corrected chi connectivity index (χ2v) is 7.85. The molecule has 0 bridgehead atoms. The molecule has 5 nitrogen and oxygen atoms in total. The van der Waals surface area contributed by atoms with Gasteiger partial charge in [0.15, 0.2) is 5.65 Å². The van der Waals surface area contributed by atoms with Gasteiger partial charge in [-0.2, -0.15) is 4.52 Å². The molecule has 1 fully saturated rings. The quantitative estimate of drug-likeness (QED) is 0.642. The lowest BCUT2D eigenvalue weighted by Gasteiger charge is -2.32. The SMILES string of the molecule is CC(C)c1ccc(CC2CCN(c3ccc4nnc(C(F)F)n4n3)CC2)cc1. The first-order chi connectivity index (χ1) is 13.5. The van der Waals surface area contributed by atoms with Gasteiger partial charge in [-0.15, -0.1) is 15.3 Å². The van der Waals surface area contributed by atoms with E-state index in [9.17, 15) is 8.78 Å². The third-order valence-corrected chi connectivity index (χ3v) is 5.58. The summed E-state index contributed by atoms with van der Waals surface area (Å²) in [4.78, 5) is 2.16. The summed E-state index contributed by atoms with van der Waals surface area (Å²) in [5, 5.41) is 11.6. The van der Waals surface area contributed by atoms with Crippen molar-refractivity contribution in [2.45, 2.75) is 45.5 Å². The minimum Gasteiger partial charge on any atom is -0.355 e. The van der Waals surface area contributed by atoms with Crippen molar-refractivity contribution in [2.75, 3.05) is 18.0 Å². The van der Waals surface area contributed by atoms with Crippen LogP contribution in [0, 0.1) is 5.92 Å². The third-order valence-electron chi connectivity index (χ3n) is 5.58. The van der Waals surface area contributed by atoms with Crippen LogP contribution in [0.5, 0.6) is 0 Å². The fourth-order valence-electron chi connectivity index (χ4n) is 3.84. The van der Waals surface area contributed by atoms with Crippen molar-refractivity contribution in [3.63, 3.8) is 0 Å². The van der Waals surface area contributed by atoms with Crippen molar-refractivity contribution in [3.05, 3.63) is 53.3 Å². The summed E-state index contributed by atoms with van der Waals surface area (Å²) in [7, 11) is 0. The number of benzene rings is 1. The molecule has 0 amide bonds. The zero-order valence-corrected chi connectivity index (χ0v) is 16.2. The topological polar surface area (TPSA) is 46.3 Å². The summed E-state index contributed by atoms with van der Waals surface area (Å²) >= 11 is 0. The molecule has 1 aromatic carbocycles. The Labute approximate surface area is 163 Å². The number of rotatable bonds is 5. The maximum Gasteiger partial charge on any atom is 0.299 e. The number of nitrogens with zero attached hydrogens (tertiary/aromatic N) is 5. The molecule has 1 aliphatic heterocycles. The molecule has 4 rings (SSSR count). The monoisotopic (exact) mass is 385 g/mol. The fraction of sp³-hybridized carbons (Fsp3) is 0.476. The molecule has 148 valence electrons. The minimum absolute atomic E-state index is 0.346. The normalized spacial score (nSPS) is 15.9. The van der Waals surface area contributed by atoms with E-state index in [4.69, 9.17) is 0 Å². The number of hydrogen-bond acceptors (Lipinski definition) is 4. The highest BCUT2D eigenvalue weighted by atomic mass is 19.3. The molecule has 3 aromatic rings. The van der Waals surface area contributed by atoms with Gasteiger partial charge in [0.1, 0.15) is 5.82 Å². The van der Waals surface area contributed by atoms with Gasteiger partial charge in [0, 0.05) is 13.1 Å². The van der Waals surface area contributed by atoms with Gasteiger partial charge in [0.25, 0.3) is 6.43 Å². The Hall–Kier alpha value is -2.57. The molecule has 0 aliphatic carbocycles. The Morgan fingerprint density at radius 3 is 2.36 bits per heavy atom. The van der Waals surface area contributed by atoms with E-state index in [1.165, 1.54) is 11.1 Å². The number of aromatic nitrogens is 4. The van der Waals surface area contributed by atoms with E-state index in [0.717, 1.165) is 36.9 Å². The highest BCUT2D eigenvalue weighted by molar-refractivity contribution is 5.46. The summed E-state index contributed by atoms with van der Waals surface area (Å²) in [6.45, 7) is 6.17. The van der Waals surface area contributed by atoms with Crippen LogP contribution in [0.4, 0.5) is 14.6 Å². The molecule has 1 aliphatic rings. The number of fused-ring (bicyclic) bond motifs is 1. The van der Waals surface area contributed by atoms with Crippen LogP contribution < -0.4 is 4.90 Å². The molecule has 0 unspecified atom stereocenters. The van der Waals surface area contributed by atoms with Crippen molar-refractivity contribution in [2.24, 2.45) is 5.92 Å². The first-order valence-corrected chi connectivity index (χ1v) is 9.85. The molecular formula is C21H25F2N5. The number of hydrogen-bond donors (Lipinski definition) is 0. The Morgan fingerprint density at radius 2 is 1.71 bits per heavy atom. The Morgan fingerprint density at radius 1 is 1.00 bits per heavy atom. The first-order valence-electron chi connectivity index (χ1n) is 9.85. The van der Waals surface area contributed by atoms with Crippen LogP contribution in [0.1, 0.15) is 56.0 Å².